The van der Waals surface area contributed by atoms with Gasteiger partial charge in [-0.3, -0.25) is 4.79 Å². The van der Waals surface area contributed by atoms with E-state index in [0.29, 0.717) is 0 Å². The lowest BCUT2D eigenvalue weighted by atomic mass is 9.97. The summed E-state index contributed by atoms with van der Waals surface area (Å²) >= 11 is 0. The first-order chi connectivity index (χ1) is 8.36. The second-order valence-electron chi connectivity index (χ2n) is 4.62. The number of aliphatic hydroxyl groups is 3. The highest BCUT2D eigenvalue weighted by Gasteiger charge is 2.45. The summed E-state index contributed by atoms with van der Waals surface area (Å²) in [6.45, 7) is 4.41. The lowest BCUT2D eigenvalue weighted by Gasteiger charge is -2.42. The largest absolute Gasteiger partial charge is 0.394 e. The van der Waals surface area contributed by atoms with Crippen LogP contribution in [0.1, 0.15) is 20.8 Å². The number of carbonyl (C=O) groups excluding carboxylic acids is 1. The molecule has 1 aliphatic heterocycles. The summed E-state index contributed by atoms with van der Waals surface area (Å²) in [4.78, 5) is 11.1. The van der Waals surface area contributed by atoms with E-state index in [1.165, 1.54) is 6.92 Å². The Morgan fingerprint density at radius 3 is 2.44 bits per heavy atom. The third kappa shape index (κ3) is 3.63. The van der Waals surface area contributed by atoms with Crippen LogP contribution < -0.4 is 5.32 Å². The predicted octanol–water partition coefficient (Wildman–Crippen LogP) is -1.64. The van der Waals surface area contributed by atoms with Gasteiger partial charge >= 0.3 is 0 Å². The van der Waals surface area contributed by atoms with Gasteiger partial charge in [0.15, 0.2) is 6.29 Å². The second-order valence-corrected chi connectivity index (χ2v) is 4.62. The van der Waals surface area contributed by atoms with E-state index in [2.05, 4.69) is 5.32 Å². The fourth-order valence-electron chi connectivity index (χ4n) is 1.85. The Balaban J connectivity index is 2.83. The van der Waals surface area contributed by atoms with E-state index < -0.39 is 37.3 Å². The molecular formula is C11H21NO6. The summed E-state index contributed by atoms with van der Waals surface area (Å²) in [5, 5.41) is 31.2. The number of amides is 1. The number of aliphatic hydroxyl groups excluding tert-OH is 3. The summed E-state index contributed by atoms with van der Waals surface area (Å²) < 4.78 is 10.8. The molecule has 106 valence electrons. The zero-order valence-electron chi connectivity index (χ0n) is 10.7. The first-order valence-corrected chi connectivity index (χ1v) is 5.91. The summed E-state index contributed by atoms with van der Waals surface area (Å²) in [5.41, 5.74) is 0. The Morgan fingerprint density at radius 2 is 2.00 bits per heavy atom. The molecule has 5 atom stereocenters. The van der Waals surface area contributed by atoms with Crippen molar-refractivity contribution in [2.24, 2.45) is 0 Å². The van der Waals surface area contributed by atoms with E-state index in [1.807, 2.05) is 0 Å². The normalized spacial score (nSPS) is 36.7. The molecule has 0 saturated carbocycles. The minimum Gasteiger partial charge on any atom is -0.394 e. The van der Waals surface area contributed by atoms with Crippen molar-refractivity contribution in [3.63, 3.8) is 0 Å². The molecule has 18 heavy (non-hydrogen) atoms. The van der Waals surface area contributed by atoms with Gasteiger partial charge in [-0.1, -0.05) is 0 Å². The number of carbonyl (C=O) groups is 1. The molecule has 0 aromatic rings. The SMILES string of the molecule is CC(=O)N[C@H]1[C@@H](OC(C)C)O[C@H](CO)[C@H](O)[C@@H]1O. The van der Waals surface area contributed by atoms with Gasteiger partial charge in [-0.2, -0.15) is 0 Å². The number of nitrogens with one attached hydrogen (secondary N) is 1. The molecule has 0 unspecified atom stereocenters. The molecule has 1 amide bonds. The first-order valence-electron chi connectivity index (χ1n) is 5.91. The van der Waals surface area contributed by atoms with E-state index in [4.69, 9.17) is 14.6 Å². The van der Waals surface area contributed by atoms with Gasteiger partial charge in [0.05, 0.1) is 12.7 Å². The van der Waals surface area contributed by atoms with Crippen molar-refractivity contribution >= 4 is 5.91 Å². The van der Waals surface area contributed by atoms with Gasteiger partial charge in [0.25, 0.3) is 0 Å². The van der Waals surface area contributed by atoms with Crippen LogP contribution in [0.2, 0.25) is 0 Å². The molecule has 4 N–H and O–H groups in total. The third-order valence-electron chi connectivity index (χ3n) is 2.66. The quantitative estimate of drug-likeness (QED) is 0.484. The zero-order chi connectivity index (χ0) is 13.9. The molecule has 0 radical (unpaired) electrons. The van der Waals surface area contributed by atoms with Crippen molar-refractivity contribution in [2.45, 2.75) is 57.5 Å². The third-order valence-corrected chi connectivity index (χ3v) is 2.66. The lowest BCUT2D eigenvalue weighted by molar-refractivity contribution is -0.278. The number of hydrogen-bond acceptors (Lipinski definition) is 6. The van der Waals surface area contributed by atoms with Crippen molar-refractivity contribution in [3.05, 3.63) is 0 Å². The van der Waals surface area contributed by atoms with Crippen LogP contribution >= 0.6 is 0 Å². The van der Waals surface area contributed by atoms with Gasteiger partial charge in [0.1, 0.15) is 24.4 Å². The standard InChI is InChI=1S/C11H21NO6/c1-5(2)17-11-8(12-6(3)14)10(16)9(15)7(4-13)18-11/h5,7-11,13,15-16H,4H2,1-3H3,(H,12,14)/t7-,8-,9+,10-,11+/m1/s1. The Morgan fingerprint density at radius 1 is 1.39 bits per heavy atom. The maximum atomic E-state index is 11.1. The molecule has 0 aromatic carbocycles. The average molecular weight is 263 g/mol. The van der Waals surface area contributed by atoms with Crippen molar-refractivity contribution in [1.82, 2.24) is 5.32 Å². The van der Waals surface area contributed by atoms with Gasteiger partial charge in [-0.25, -0.2) is 0 Å². The Hall–Kier alpha value is -0.730. The smallest absolute Gasteiger partial charge is 0.217 e. The van der Waals surface area contributed by atoms with Gasteiger partial charge in [-0.15, -0.1) is 0 Å². The molecule has 7 heteroatoms. The van der Waals surface area contributed by atoms with Crippen LogP contribution in [0.3, 0.4) is 0 Å². The average Bonchev–Trinajstić information content (AvgIpc) is 2.27. The van der Waals surface area contributed by atoms with Gasteiger partial charge in [0, 0.05) is 6.92 Å². The van der Waals surface area contributed by atoms with Crippen molar-refractivity contribution in [2.75, 3.05) is 6.61 Å². The molecule has 1 aliphatic rings. The molecule has 1 heterocycles. The Labute approximate surface area is 106 Å². The van der Waals surface area contributed by atoms with Crippen LogP contribution in [0.25, 0.3) is 0 Å². The van der Waals surface area contributed by atoms with E-state index >= 15 is 0 Å². The Kier molecular flexibility index (Phi) is 5.48. The lowest BCUT2D eigenvalue weighted by Crippen LogP contribution is -2.64. The molecule has 1 rings (SSSR count). The van der Waals surface area contributed by atoms with Crippen LogP contribution in [-0.2, 0) is 14.3 Å². The molecule has 0 spiro atoms. The van der Waals surface area contributed by atoms with Crippen LogP contribution in [-0.4, -0.2) is 64.6 Å². The highest BCUT2D eigenvalue weighted by Crippen LogP contribution is 2.22. The molecule has 0 bridgehead atoms. The first kappa shape index (κ1) is 15.3. The fourth-order valence-corrected chi connectivity index (χ4v) is 1.85. The van der Waals surface area contributed by atoms with Crippen LogP contribution in [0, 0.1) is 0 Å². The number of hydrogen-bond donors (Lipinski definition) is 4. The minimum absolute atomic E-state index is 0.187. The highest BCUT2D eigenvalue weighted by molar-refractivity contribution is 5.73. The van der Waals surface area contributed by atoms with Crippen LogP contribution in [0.15, 0.2) is 0 Å². The minimum atomic E-state index is -1.28. The molecule has 7 nitrogen and oxygen atoms in total. The van der Waals surface area contributed by atoms with Gasteiger partial charge in [0.2, 0.25) is 5.91 Å². The van der Waals surface area contributed by atoms with Crippen LogP contribution in [0.5, 0.6) is 0 Å². The predicted molar refractivity (Wildman–Crippen MR) is 61.6 cm³/mol. The molecular weight excluding hydrogens is 242 g/mol. The van der Waals surface area contributed by atoms with Gasteiger partial charge < -0.3 is 30.1 Å². The van der Waals surface area contributed by atoms with E-state index in [1.54, 1.807) is 13.8 Å². The number of ether oxygens (including phenoxy) is 2. The Bertz CT molecular complexity index is 285. The summed E-state index contributed by atoms with van der Waals surface area (Å²) in [6.07, 6.45) is -4.58. The molecule has 1 fully saturated rings. The van der Waals surface area contributed by atoms with E-state index in [0.717, 1.165) is 0 Å². The van der Waals surface area contributed by atoms with Gasteiger partial charge in [-0.05, 0) is 13.8 Å². The maximum absolute atomic E-state index is 11.1. The summed E-state index contributed by atoms with van der Waals surface area (Å²) in [6, 6.07) is -0.873. The van der Waals surface area contributed by atoms with E-state index in [9.17, 15) is 15.0 Å². The molecule has 0 aromatic heterocycles. The topological polar surface area (TPSA) is 108 Å². The summed E-state index contributed by atoms with van der Waals surface area (Å²) in [5.74, 6) is -0.366. The van der Waals surface area contributed by atoms with Crippen LogP contribution in [0.4, 0.5) is 0 Å². The number of rotatable bonds is 4. The fraction of sp³-hybridized carbons (Fsp3) is 0.909. The van der Waals surface area contributed by atoms with Crippen molar-refractivity contribution in [1.29, 1.82) is 0 Å². The second kappa shape index (κ2) is 6.44. The van der Waals surface area contributed by atoms with Crippen molar-refractivity contribution < 1.29 is 29.6 Å². The van der Waals surface area contributed by atoms with Crippen molar-refractivity contribution in [3.8, 4) is 0 Å². The summed E-state index contributed by atoms with van der Waals surface area (Å²) in [7, 11) is 0. The molecule has 1 saturated heterocycles. The molecule has 0 aliphatic carbocycles. The highest BCUT2D eigenvalue weighted by atomic mass is 16.7. The zero-order valence-corrected chi connectivity index (χ0v) is 10.7. The monoisotopic (exact) mass is 263 g/mol. The van der Waals surface area contributed by atoms with E-state index in [-0.39, 0.29) is 12.0 Å². The maximum Gasteiger partial charge on any atom is 0.217 e.